The van der Waals surface area contributed by atoms with Crippen molar-refractivity contribution in [3.8, 4) is 5.69 Å². The van der Waals surface area contributed by atoms with Crippen LogP contribution in [0.5, 0.6) is 0 Å². The molecule has 2 heterocycles. The third kappa shape index (κ3) is 4.03. The van der Waals surface area contributed by atoms with E-state index in [2.05, 4.69) is 38.0 Å². The molecule has 1 saturated carbocycles. The minimum absolute atomic E-state index is 0.0164. The van der Waals surface area contributed by atoms with Crippen molar-refractivity contribution in [2.24, 2.45) is 28.7 Å². The molecule has 2 N–H and O–H groups in total. The van der Waals surface area contributed by atoms with Gasteiger partial charge in [0.2, 0.25) is 11.8 Å². The monoisotopic (exact) mass is 447 g/mol. The zero-order valence-electron chi connectivity index (χ0n) is 18.7. The summed E-state index contributed by atoms with van der Waals surface area (Å²) in [5, 5.41) is 14.7. The van der Waals surface area contributed by atoms with E-state index in [1.807, 2.05) is 41.8 Å². The Kier molecular flexibility index (Phi) is 5.93. The number of carbonyl (C=O) groups excluding carboxylic acids is 2. The van der Waals surface area contributed by atoms with Gasteiger partial charge in [0, 0.05) is 25.3 Å². The van der Waals surface area contributed by atoms with Crippen LogP contribution in [0.4, 0.5) is 0 Å². The van der Waals surface area contributed by atoms with Crippen molar-refractivity contribution in [3.05, 3.63) is 54.6 Å². The lowest BCUT2D eigenvalue weighted by Gasteiger charge is -2.18. The molecule has 1 aliphatic heterocycles. The number of rotatable bonds is 8. The molecule has 172 valence electrons. The number of aliphatic imine (C=N–C) groups is 1. The van der Waals surface area contributed by atoms with E-state index in [0.29, 0.717) is 32.0 Å². The summed E-state index contributed by atoms with van der Waals surface area (Å²) in [5.41, 5.74) is 0.985. The molecule has 33 heavy (non-hydrogen) atoms. The van der Waals surface area contributed by atoms with Crippen molar-refractivity contribution >= 4 is 17.8 Å². The Hall–Kier alpha value is -3.49. The van der Waals surface area contributed by atoms with E-state index >= 15 is 0 Å². The van der Waals surface area contributed by atoms with Crippen LogP contribution in [-0.2, 0) is 16.1 Å². The number of nitrogens with one attached hydrogen (secondary N) is 2. The fourth-order valence-electron chi connectivity index (χ4n) is 5.29. The van der Waals surface area contributed by atoms with Gasteiger partial charge >= 0.3 is 0 Å². The summed E-state index contributed by atoms with van der Waals surface area (Å²) in [6, 6.07) is 9.90. The SMILES string of the molecule is CCNC(=NCc1nncn1-c1ccccc1)NCCCN1C(=O)C2C3C=CC(C3)C2C1=O. The number of amides is 2. The first-order valence-corrected chi connectivity index (χ1v) is 11.7. The highest BCUT2D eigenvalue weighted by molar-refractivity contribution is 6.06. The number of carbonyl (C=O) groups is 2. The molecule has 4 atom stereocenters. The molecule has 3 aliphatic rings. The first-order chi connectivity index (χ1) is 16.2. The van der Waals surface area contributed by atoms with Crippen LogP contribution >= 0.6 is 0 Å². The number of benzene rings is 1. The van der Waals surface area contributed by atoms with Crippen LogP contribution in [0.15, 0.2) is 53.8 Å². The predicted molar refractivity (Wildman–Crippen MR) is 123 cm³/mol. The fourth-order valence-corrected chi connectivity index (χ4v) is 5.29. The quantitative estimate of drug-likeness (QED) is 0.209. The van der Waals surface area contributed by atoms with Crippen molar-refractivity contribution < 1.29 is 9.59 Å². The first kappa shape index (κ1) is 21.4. The molecule has 1 aromatic heterocycles. The Labute approximate surface area is 193 Å². The van der Waals surface area contributed by atoms with E-state index in [9.17, 15) is 9.59 Å². The summed E-state index contributed by atoms with van der Waals surface area (Å²) in [7, 11) is 0. The number of likely N-dealkylation sites (tertiary alicyclic amines) is 1. The average Bonchev–Trinajstić information content (AvgIpc) is 3.61. The lowest BCUT2D eigenvalue weighted by atomic mass is 9.85. The molecule has 4 unspecified atom stereocenters. The summed E-state index contributed by atoms with van der Waals surface area (Å²) in [4.78, 5) is 31.7. The maximum absolute atomic E-state index is 12.8. The lowest BCUT2D eigenvalue weighted by molar-refractivity contribution is -0.140. The molecule has 5 rings (SSSR count). The zero-order chi connectivity index (χ0) is 22.8. The van der Waals surface area contributed by atoms with E-state index in [-0.39, 0.29) is 35.5 Å². The summed E-state index contributed by atoms with van der Waals surface area (Å²) in [6.07, 6.45) is 7.56. The van der Waals surface area contributed by atoms with Crippen molar-refractivity contribution in [2.75, 3.05) is 19.6 Å². The van der Waals surface area contributed by atoms with Gasteiger partial charge in [-0.05, 0) is 43.7 Å². The average molecular weight is 448 g/mol. The van der Waals surface area contributed by atoms with Crippen molar-refractivity contribution in [2.45, 2.75) is 26.3 Å². The standard InChI is InChI=1S/C24H29N7O2/c1-2-25-24(27-14-19-29-28-15-31(19)18-7-4-3-5-8-18)26-11-6-12-30-22(32)20-16-9-10-17(13-16)21(20)23(30)33/h3-5,7-10,15-17,20-21H,2,6,11-14H2,1H3,(H2,25,26,27). The number of aromatic nitrogens is 3. The highest BCUT2D eigenvalue weighted by Gasteiger charge is 2.58. The first-order valence-electron chi connectivity index (χ1n) is 11.7. The Bertz CT molecular complexity index is 1050. The topological polar surface area (TPSA) is 105 Å². The number of allylic oxidation sites excluding steroid dienone is 2. The van der Waals surface area contributed by atoms with E-state index < -0.39 is 0 Å². The van der Waals surface area contributed by atoms with E-state index in [0.717, 1.165) is 24.5 Å². The highest BCUT2D eigenvalue weighted by atomic mass is 16.2. The molecule has 9 nitrogen and oxygen atoms in total. The molecule has 0 spiro atoms. The van der Waals surface area contributed by atoms with Crippen LogP contribution in [0.2, 0.25) is 0 Å². The third-order valence-corrected chi connectivity index (χ3v) is 6.79. The second-order valence-corrected chi connectivity index (χ2v) is 8.76. The minimum Gasteiger partial charge on any atom is -0.357 e. The van der Waals surface area contributed by atoms with Gasteiger partial charge in [-0.2, -0.15) is 0 Å². The molecule has 1 saturated heterocycles. The number of guanidine groups is 1. The maximum Gasteiger partial charge on any atom is 0.233 e. The number of fused-ring (bicyclic) bond motifs is 5. The molecular formula is C24H29N7O2. The molecule has 2 amide bonds. The molecule has 0 radical (unpaired) electrons. The van der Waals surface area contributed by atoms with Gasteiger partial charge in [-0.1, -0.05) is 30.4 Å². The van der Waals surface area contributed by atoms with Crippen molar-refractivity contribution in [1.82, 2.24) is 30.3 Å². The molecule has 1 aromatic carbocycles. The smallest absolute Gasteiger partial charge is 0.233 e. The van der Waals surface area contributed by atoms with Gasteiger partial charge in [-0.25, -0.2) is 4.99 Å². The number of para-hydroxylation sites is 1. The minimum atomic E-state index is -0.124. The van der Waals surface area contributed by atoms with Gasteiger partial charge in [0.25, 0.3) is 0 Å². The van der Waals surface area contributed by atoms with Gasteiger partial charge in [0.05, 0.1) is 11.8 Å². The van der Waals surface area contributed by atoms with Crippen LogP contribution in [0.25, 0.3) is 5.69 Å². The number of nitrogens with zero attached hydrogens (tertiary/aromatic N) is 5. The van der Waals surface area contributed by atoms with E-state index in [4.69, 9.17) is 0 Å². The Morgan fingerprint density at radius 3 is 2.52 bits per heavy atom. The highest BCUT2D eigenvalue weighted by Crippen LogP contribution is 2.52. The number of hydrogen-bond acceptors (Lipinski definition) is 5. The van der Waals surface area contributed by atoms with Crippen LogP contribution in [0.3, 0.4) is 0 Å². The van der Waals surface area contributed by atoms with Gasteiger partial charge in [-0.15, -0.1) is 10.2 Å². The van der Waals surface area contributed by atoms with Gasteiger partial charge < -0.3 is 10.6 Å². The predicted octanol–water partition coefficient (Wildman–Crippen LogP) is 1.52. The Morgan fingerprint density at radius 1 is 1.09 bits per heavy atom. The molecule has 9 heteroatoms. The Morgan fingerprint density at radius 2 is 1.82 bits per heavy atom. The van der Waals surface area contributed by atoms with Crippen molar-refractivity contribution in [3.63, 3.8) is 0 Å². The normalized spacial score (nSPS) is 25.7. The summed E-state index contributed by atoms with van der Waals surface area (Å²) in [5.74, 6) is 1.70. The van der Waals surface area contributed by atoms with E-state index in [1.54, 1.807) is 6.33 Å². The van der Waals surface area contributed by atoms with E-state index in [1.165, 1.54) is 4.90 Å². The second kappa shape index (κ2) is 9.17. The molecule has 2 aliphatic carbocycles. The lowest BCUT2D eigenvalue weighted by Crippen LogP contribution is -2.40. The number of imide groups is 1. The molecule has 2 fully saturated rings. The summed E-state index contributed by atoms with van der Waals surface area (Å²) in [6.45, 7) is 4.14. The number of hydrogen-bond donors (Lipinski definition) is 2. The molecule has 2 aromatic rings. The zero-order valence-corrected chi connectivity index (χ0v) is 18.7. The third-order valence-electron chi connectivity index (χ3n) is 6.79. The van der Waals surface area contributed by atoms with Crippen LogP contribution < -0.4 is 10.6 Å². The van der Waals surface area contributed by atoms with Crippen molar-refractivity contribution in [1.29, 1.82) is 0 Å². The summed E-state index contributed by atoms with van der Waals surface area (Å²) >= 11 is 0. The van der Waals surface area contributed by atoms with Crippen LogP contribution in [0.1, 0.15) is 25.6 Å². The Balaban J connectivity index is 1.15. The van der Waals surface area contributed by atoms with Crippen LogP contribution in [-0.4, -0.2) is 57.1 Å². The maximum atomic E-state index is 12.8. The van der Waals surface area contributed by atoms with Gasteiger partial charge in [-0.3, -0.25) is 19.1 Å². The molecular weight excluding hydrogens is 418 g/mol. The largest absolute Gasteiger partial charge is 0.357 e. The summed E-state index contributed by atoms with van der Waals surface area (Å²) < 4.78 is 1.91. The second-order valence-electron chi connectivity index (χ2n) is 8.76. The van der Waals surface area contributed by atoms with Gasteiger partial charge in [0.15, 0.2) is 11.8 Å². The fraction of sp³-hybridized carbons (Fsp3) is 0.458. The molecule has 2 bridgehead atoms. The van der Waals surface area contributed by atoms with Gasteiger partial charge in [0.1, 0.15) is 12.9 Å². The van der Waals surface area contributed by atoms with Crippen LogP contribution in [0, 0.1) is 23.7 Å².